The van der Waals surface area contributed by atoms with Crippen LogP contribution in [0.15, 0.2) is 0 Å². The Labute approximate surface area is 469 Å². The smallest absolute Gasteiger partial charge is 0.268 e. The maximum absolute atomic E-state index is 12.8. The lowest BCUT2D eigenvalue weighted by atomic mass is 10.2. The molecule has 0 fully saturated rings. The Kier molecular flexibility index (Phi) is 47.0. The lowest BCUT2D eigenvalue weighted by Crippen LogP contribution is -2.21. The van der Waals surface area contributed by atoms with Crippen molar-refractivity contribution in [3.8, 4) is 0 Å². The molecule has 0 amide bonds. The van der Waals surface area contributed by atoms with E-state index in [0.29, 0.717) is 0 Å². The van der Waals surface area contributed by atoms with Crippen molar-refractivity contribution in [2.45, 2.75) is 13.8 Å². The largest absolute Gasteiger partial charge is 0.756 e. The number of hydrogen-bond acceptors (Lipinski definition) is 38. The van der Waals surface area contributed by atoms with Crippen molar-refractivity contribution in [3.63, 3.8) is 0 Å². The molecule has 0 aliphatic rings. The summed E-state index contributed by atoms with van der Waals surface area (Å²) in [5, 5.41) is 8.76. The molecular formula is C28H58F4O41P10-10. The monoisotopic (exact) mass is 1440 g/mol. The summed E-state index contributed by atoms with van der Waals surface area (Å²) in [6.45, 7) is -15.8. The Morgan fingerprint density at radius 2 is 0.446 bits per heavy atom. The maximum Gasteiger partial charge on any atom is 0.268 e. The summed E-state index contributed by atoms with van der Waals surface area (Å²) >= 11 is 0. The van der Waals surface area contributed by atoms with Gasteiger partial charge in [-0.15, -0.1) is 0 Å². The van der Waals surface area contributed by atoms with Gasteiger partial charge >= 0.3 is 0 Å². The van der Waals surface area contributed by atoms with E-state index in [1.807, 2.05) is 0 Å². The first-order valence-corrected chi connectivity index (χ1v) is 36.7. The Morgan fingerprint density at radius 3 is 0.602 bits per heavy atom. The summed E-state index contributed by atoms with van der Waals surface area (Å²) in [7, 11) is -49.8. The van der Waals surface area contributed by atoms with E-state index in [1.165, 1.54) is 13.8 Å². The quantitative estimate of drug-likeness (QED) is 0.0258. The normalized spacial score (nSPS) is 20.8. The summed E-state index contributed by atoms with van der Waals surface area (Å²) in [6.07, 6.45) is 0. The molecule has 55 heteroatoms. The number of halogens is 4. The molecule has 0 aromatic rings. The second-order valence-electron chi connectivity index (χ2n) is 14.4. The fourth-order valence-electron chi connectivity index (χ4n) is 3.71. The van der Waals surface area contributed by atoms with Crippen molar-refractivity contribution in [2.75, 3.05) is 146 Å². The van der Waals surface area contributed by atoms with Crippen molar-refractivity contribution < 1.29 is 209 Å². The van der Waals surface area contributed by atoms with Crippen molar-refractivity contribution in [1.29, 1.82) is 0 Å². The number of aliphatic hydroxyl groups excluding tert-OH is 1. The highest BCUT2D eigenvalue weighted by Crippen LogP contribution is 2.45. The summed E-state index contributed by atoms with van der Waals surface area (Å²) in [5.74, 6) is -4.88. The third-order valence-electron chi connectivity index (χ3n) is 7.33. The zero-order chi connectivity index (χ0) is 64.9. The first-order chi connectivity index (χ1) is 37.9. The molecule has 0 spiro atoms. The van der Waals surface area contributed by atoms with Gasteiger partial charge in [0.25, 0.3) is 78.2 Å². The van der Waals surface area contributed by atoms with Crippen molar-refractivity contribution in [2.24, 2.45) is 23.7 Å². The third-order valence-corrected chi connectivity index (χ3v) is 15.8. The van der Waals surface area contributed by atoms with E-state index in [9.17, 15) is 112 Å². The van der Waals surface area contributed by atoms with E-state index in [2.05, 4.69) is 76.9 Å². The van der Waals surface area contributed by atoms with Crippen molar-refractivity contribution in [3.05, 3.63) is 0 Å². The van der Waals surface area contributed by atoms with Gasteiger partial charge in [-0.25, -0.2) is 0 Å². The van der Waals surface area contributed by atoms with Gasteiger partial charge in [-0.1, -0.05) is 0 Å². The molecular weight excluding hydrogens is 1380 g/mol. The van der Waals surface area contributed by atoms with Crippen LogP contribution in [0.25, 0.3) is 0 Å². The number of phosphoric acid groups is 10. The molecule has 0 bridgehead atoms. The average Bonchev–Trinajstić information content (AvgIpc) is 3.34. The number of rotatable bonds is 50. The highest BCUT2D eigenvalue weighted by molar-refractivity contribution is 7.48. The minimum atomic E-state index is -5.21. The third kappa shape index (κ3) is 57.7. The number of aliphatic hydroxyl groups is 1. The minimum Gasteiger partial charge on any atom is -0.756 e. The molecule has 0 saturated heterocycles. The zero-order valence-electron chi connectivity index (χ0n) is 42.7. The first kappa shape index (κ1) is 88.0. The van der Waals surface area contributed by atoms with Crippen LogP contribution in [0.1, 0.15) is 13.8 Å². The van der Waals surface area contributed by atoms with Gasteiger partial charge in [-0.2, -0.15) is 0 Å². The molecule has 0 saturated carbocycles. The van der Waals surface area contributed by atoms with Crippen molar-refractivity contribution >= 4 is 78.2 Å². The lowest BCUT2D eigenvalue weighted by molar-refractivity contribution is -0.238. The van der Waals surface area contributed by atoms with E-state index in [4.69, 9.17) is 19.8 Å². The molecule has 41 nitrogen and oxygen atoms in total. The Balaban J connectivity index is -0.00000152. The van der Waals surface area contributed by atoms with Gasteiger partial charge in [-0.05, 0) is 13.8 Å². The molecule has 0 heterocycles. The molecule has 14 atom stereocenters. The molecule has 0 rings (SSSR count). The molecule has 14 unspecified atom stereocenters. The standard InChI is InChI=1S/C16H38F2O25P6.2C6H15FO8P2/c17-9-15(11-19)12-42-48(29,30)39-7-5-37-46(25,26)35-3-1-33-45(23,24)34-2-4-36-47(27,28)38-6-8-40-49(31,32)43-14-16(10-18)13-41-44(20,21)22;2*1-2-13-17(11,12)15-5-6(3-7)4-14-16(8,9)10/h15-16,19H,1-14H2,(H,23,24)(H,25,26)(H,27,28)(H,29,30)(H,31,32)(H2,20,21,22);2*6H,2-5H2,1H3,(H,11,12)(H2,8,9,10)/p-10. The van der Waals surface area contributed by atoms with Crippen LogP contribution in [0.4, 0.5) is 17.6 Å². The van der Waals surface area contributed by atoms with Gasteiger partial charge in [0.1, 0.15) is 0 Å². The summed E-state index contributed by atoms with van der Waals surface area (Å²) in [5.41, 5.74) is 0. The fraction of sp³-hybridized carbons (Fsp3) is 1.00. The molecule has 0 aliphatic carbocycles. The molecule has 504 valence electrons. The summed E-state index contributed by atoms with van der Waals surface area (Å²) in [4.78, 5) is 136. The Hall–Kier alpha value is 0.780. The maximum atomic E-state index is 12.8. The average molecular weight is 1440 g/mol. The van der Waals surface area contributed by atoms with Gasteiger partial charge in [0.15, 0.2) is 0 Å². The molecule has 0 aromatic carbocycles. The topological polar surface area (TPSA) is 639 Å². The van der Waals surface area contributed by atoms with Gasteiger partial charge in [0, 0.05) is 23.7 Å². The molecule has 0 aliphatic heterocycles. The van der Waals surface area contributed by atoms with Crippen LogP contribution >= 0.6 is 78.2 Å². The molecule has 4 N–H and O–H groups in total. The SMILES string of the molecule is CCOP(=O)([O-])OCC(CF)COP(=O)([O-])O.CCOP(=O)([O-])OCC(CF)COP(=O)([O-])O.O=P([O-])(O)OCC(CF)COP(=O)([O-])OCCOP(=O)([O-])OCCOP(=O)([O-])OCCOP(=O)([O-])OCCOP(=O)([O-])OCC(CO)CF. The van der Waals surface area contributed by atoms with Gasteiger partial charge in [0.05, 0.1) is 146 Å². The van der Waals surface area contributed by atoms with Crippen LogP contribution in [-0.4, -0.2) is 165 Å². The first-order valence-electron chi connectivity index (χ1n) is 22.0. The molecule has 0 radical (unpaired) electrons. The van der Waals surface area contributed by atoms with Gasteiger partial charge < -0.3 is 146 Å². The molecule has 0 aromatic heterocycles. The minimum absolute atomic E-state index is 0.135. The number of hydrogen-bond donors (Lipinski definition) is 4. The Morgan fingerprint density at radius 1 is 0.289 bits per heavy atom. The van der Waals surface area contributed by atoms with E-state index >= 15 is 0 Å². The van der Waals surface area contributed by atoms with Crippen LogP contribution in [0, 0.1) is 23.7 Å². The van der Waals surface area contributed by atoms with E-state index in [-0.39, 0.29) is 13.2 Å². The Bertz CT molecular complexity index is 2180. The summed E-state index contributed by atoms with van der Waals surface area (Å²) in [6, 6.07) is 0. The molecule has 83 heavy (non-hydrogen) atoms. The van der Waals surface area contributed by atoms with E-state index < -0.39 is 234 Å². The highest BCUT2D eigenvalue weighted by Gasteiger charge is 2.22. The van der Waals surface area contributed by atoms with Gasteiger partial charge in [0.2, 0.25) is 0 Å². The van der Waals surface area contributed by atoms with Gasteiger partial charge in [-0.3, -0.25) is 63.2 Å². The van der Waals surface area contributed by atoms with Crippen molar-refractivity contribution in [1.82, 2.24) is 0 Å². The van der Waals surface area contributed by atoms with E-state index in [1.54, 1.807) is 0 Å². The zero-order valence-corrected chi connectivity index (χ0v) is 51.7. The van der Waals surface area contributed by atoms with E-state index in [0.717, 1.165) is 0 Å². The second-order valence-corrected chi connectivity index (χ2v) is 27.8. The predicted molar refractivity (Wildman–Crippen MR) is 240 cm³/mol. The fourth-order valence-corrected chi connectivity index (χ4v) is 10.0. The summed E-state index contributed by atoms with van der Waals surface area (Å²) < 4.78 is 232. The second kappa shape index (κ2) is 44.3. The number of phosphoric ester groups is 10. The lowest BCUT2D eigenvalue weighted by Gasteiger charge is -2.27. The predicted octanol–water partition coefficient (Wildman–Crippen LogP) is -3.72. The number of alkyl halides is 4. The van der Waals surface area contributed by atoms with Crippen LogP contribution < -0.4 is 48.9 Å². The van der Waals surface area contributed by atoms with Crippen LogP contribution in [-0.2, 0) is 123 Å². The van der Waals surface area contributed by atoms with Crippen LogP contribution in [0.5, 0.6) is 0 Å². The van der Waals surface area contributed by atoms with Crippen LogP contribution in [0.2, 0.25) is 0 Å². The van der Waals surface area contributed by atoms with Crippen LogP contribution in [0.3, 0.4) is 0 Å². The highest BCUT2D eigenvalue weighted by atomic mass is 31.2.